The van der Waals surface area contributed by atoms with Crippen LogP contribution in [0.3, 0.4) is 0 Å². The zero-order valence-corrected chi connectivity index (χ0v) is 14.4. The Morgan fingerprint density at radius 2 is 1.45 bits per heavy atom. The average molecular weight is 337 g/mol. The van der Waals surface area contributed by atoms with E-state index in [-0.39, 0.29) is 0 Å². The summed E-state index contributed by atoms with van der Waals surface area (Å²) in [7, 11) is 0. The highest BCUT2D eigenvalue weighted by Crippen LogP contribution is 2.39. The summed E-state index contributed by atoms with van der Waals surface area (Å²) in [5.41, 5.74) is 0. The standard InChI is InChI=1S/C19H12S3/c1-11-2-3-16(21-11)19-10-15-7-14-8-17-12(4-5-20-17)6-13(14)9-18(15)22-19/h2-10H,1H3. The second-order valence-electron chi connectivity index (χ2n) is 5.57. The molecule has 0 radical (unpaired) electrons. The lowest BCUT2D eigenvalue weighted by atomic mass is 10.1. The Labute approximate surface area is 140 Å². The number of rotatable bonds is 1. The summed E-state index contributed by atoms with van der Waals surface area (Å²) < 4.78 is 2.75. The molecule has 5 aromatic rings. The van der Waals surface area contributed by atoms with Crippen molar-refractivity contribution in [2.24, 2.45) is 0 Å². The summed E-state index contributed by atoms with van der Waals surface area (Å²) >= 11 is 5.59. The Morgan fingerprint density at radius 1 is 0.636 bits per heavy atom. The van der Waals surface area contributed by atoms with Crippen LogP contribution in [0.1, 0.15) is 4.88 Å². The molecule has 0 atom stereocenters. The van der Waals surface area contributed by atoms with Crippen molar-refractivity contribution in [1.29, 1.82) is 0 Å². The van der Waals surface area contributed by atoms with Crippen molar-refractivity contribution < 1.29 is 0 Å². The van der Waals surface area contributed by atoms with Gasteiger partial charge >= 0.3 is 0 Å². The van der Waals surface area contributed by atoms with Crippen molar-refractivity contribution in [2.45, 2.75) is 6.92 Å². The van der Waals surface area contributed by atoms with Gasteiger partial charge < -0.3 is 0 Å². The minimum Gasteiger partial charge on any atom is -0.144 e. The van der Waals surface area contributed by atoms with Crippen LogP contribution in [0.4, 0.5) is 0 Å². The van der Waals surface area contributed by atoms with Gasteiger partial charge in [0.05, 0.1) is 0 Å². The zero-order valence-electron chi connectivity index (χ0n) is 11.9. The number of hydrogen-bond acceptors (Lipinski definition) is 3. The number of aryl methyl sites for hydroxylation is 1. The molecule has 0 fully saturated rings. The van der Waals surface area contributed by atoms with Crippen LogP contribution in [-0.2, 0) is 0 Å². The molecule has 0 aliphatic carbocycles. The predicted molar refractivity (Wildman–Crippen MR) is 103 cm³/mol. The minimum atomic E-state index is 1.34. The summed E-state index contributed by atoms with van der Waals surface area (Å²) in [6.07, 6.45) is 0. The van der Waals surface area contributed by atoms with E-state index in [2.05, 4.69) is 60.8 Å². The molecule has 2 aromatic carbocycles. The molecule has 22 heavy (non-hydrogen) atoms. The molecule has 0 aliphatic rings. The maximum Gasteiger partial charge on any atom is 0.0455 e. The molecule has 0 aliphatic heterocycles. The largest absolute Gasteiger partial charge is 0.144 e. The van der Waals surface area contributed by atoms with E-state index in [4.69, 9.17) is 0 Å². The van der Waals surface area contributed by atoms with Crippen molar-refractivity contribution in [1.82, 2.24) is 0 Å². The maximum absolute atomic E-state index is 2.34. The van der Waals surface area contributed by atoms with Crippen LogP contribution in [0.25, 0.3) is 40.7 Å². The Morgan fingerprint density at radius 3 is 2.27 bits per heavy atom. The Hall–Kier alpha value is -1.68. The molecule has 3 heterocycles. The second-order valence-corrected chi connectivity index (χ2v) is 8.89. The minimum absolute atomic E-state index is 1.34. The second kappa shape index (κ2) is 4.66. The van der Waals surface area contributed by atoms with Gasteiger partial charge in [-0.2, -0.15) is 0 Å². The van der Waals surface area contributed by atoms with Crippen molar-refractivity contribution >= 4 is 65.0 Å². The SMILES string of the molecule is Cc1ccc(-c2cc3cc4cc5sccc5cc4cc3s2)s1. The molecular weight excluding hydrogens is 324 g/mol. The van der Waals surface area contributed by atoms with Gasteiger partial charge in [0.2, 0.25) is 0 Å². The average Bonchev–Trinajstić information content (AvgIpc) is 3.20. The first-order valence-corrected chi connectivity index (χ1v) is 9.69. The van der Waals surface area contributed by atoms with Crippen LogP contribution in [0.5, 0.6) is 0 Å². The highest BCUT2D eigenvalue weighted by atomic mass is 32.1. The van der Waals surface area contributed by atoms with Gasteiger partial charge in [-0.15, -0.1) is 34.0 Å². The van der Waals surface area contributed by atoms with Gasteiger partial charge in [0.15, 0.2) is 0 Å². The number of hydrogen-bond donors (Lipinski definition) is 0. The first-order valence-electron chi connectivity index (χ1n) is 7.18. The molecule has 0 spiro atoms. The third kappa shape index (κ3) is 1.93. The van der Waals surface area contributed by atoms with E-state index in [1.165, 1.54) is 45.6 Å². The van der Waals surface area contributed by atoms with Gasteiger partial charge in [0.1, 0.15) is 0 Å². The van der Waals surface area contributed by atoms with Crippen LogP contribution < -0.4 is 0 Å². The summed E-state index contributed by atoms with van der Waals surface area (Å²) in [5, 5.41) is 7.56. The first-order chi connectivity index (χ1) is 10.8. The molecule has 0 N–H and O–H groups in total. The third-order valence-corrected chi connectivity index (χ3v) is 7.20. The molecule has 106 valence electrons. The molecular formula is C19H12S3. The molecule has 0 unspecified atom stereocenters. The van der Waals surface area contributed by atoms with Gasteiger partial charge in [-0.05, 0) is 82.4 Å². The van der Waals surface area contributed by atoms with Crippen molar-refractivity contribution in [3.05, 3.63) is 58.8 Å². The number of benzene rings is 2. The van der Waals surface area contributed by atoms with Crippen LogP contribution in [0, 0.1) is 6.92 Å². The fraction of sp³-hybridized carbons (Fsp3) is 0.0526. The summed E-state index contributed by atoms with van der Waals surface area (Å²) in [6, 6.07) is 18.3. The van der Waals surface area contributed by atoms with Crippen molar-refractivity contribution in [3.63, 3.8) is 0 Å². The van der Waals surface area contributed by atoms with Crippen LogP contribution in [-0.4, -0.2) is 0 Å². The third-order valence-electron chi connectivity index (χ3n) is 4.03. The lowest BCUT2D eigenvalue weighted by Gasteiger charge is -1.99. The Kier molecular flexibility index (Phi) is 2.71. The molecule has 3 heteroatoms. The molecule has 3 aromatic heterocycles. The van der Waals surface area contributed by atoms with Gasteiger partial charge in [0.25, 0.3) is 0 Å². The predicted octanol–water partition coefficient (Wildman–Crippen LogP) is 7.31. The van der Waals surface area contributed by atoms with Gasteiger partial charge in [-0.25, -0.2) is 0 Å². The van der Waals surface area contributed by atoms with Crippen LogP contribution in [0.15, 0.2) is 53.9 Å². The summed E-state index contributed by atoms with van der Waals surface area (Å²) in [6.45, 7) is 2.17. The van der Waals surface area contributed by atoms with E-state index in [1.807, 2.05) is 34.0 Å². The maximum atomic E-state index is 2.34. The Bertz CT molecular complexity index is 1070. The van der Waals surface area contributed by atoms with Crippen molar-refractivity contribution in [2.75, 3.05) is 0 Å². The van der Waals surface area contributed by atoms with E-state index >= 15 is 0 Å². The lowest BCUT2D eigenvalue weighted by Crippen LogP contribution is -1.72. The van der Waals surface area contributed by atoms with Gasteiger partial charge in [-0.3, -0.25) is 0 Å². The van der Waals surface area contributed by atoms with E-state index in [0.29, 0.717) is 0 Å². The van der Waals surface area contributed by atoms with Crippen LogP contribution >= 0.6 is 34.0 Å². The summed E-state index contributed by atoms with van der Waals surface area (Å²) in [5.74, 6) is 0. The normalized spacial score (nSPS) is 11.9. The van der Waals surface area contributed by atoms with E-state index in [1.54, 1.807) is 0 Å². The Balaban J connectivity index is 1.78. The molecule has 0 saturated heterocycles. The topological polar surface area (TPSA) is 0 Å². The van der Waals surface area contributed by atoms with Crippen molar-refractivity contribution in [3.8, 4) is 9.75 Å². The highest BCUT2D eigenvalue weighted by molar-refractivity contribution is 7.26. The molecule has 0 saturated carbocycles. The zero-order chi connectivity index (χ0) is 14.7. The monoisotopic (exact) mass is 336 g/mol. The van der Waals surface area contributed by atoms with Gasteiger partial charge in [-0.1, -0.05) is 0 Å². The summed E-state index contributed by atoms with van der Waals surface area (Å²) in [4.78, 5) is 4.13. The molecule has 5 rings (SSSR count). The number of thiophene rings is 3. The molecule has 0 amide bonds. The van der Waals surface area contributed by atoms with Gasteiger partial charge in [0, 0.05) is 24.0 Å². The fourth-order valence-electron chi connectivity index (χ4n) is 2.93. The van der Waals surface area contributed by atoms with E-state index in [0.717, 1.165) is 0 Å². The first kappa shape index (κ1) is 12.8. The van der Waals surface area contributed by atoms with Crippen LogP contribution in [0.2, 0.25) is 0 Å². The molecule has 0 bridgehead atoms. The smallest absolute Gasteiger partial charge is 0.0455 e. The van der Waals surface area contributed by atoms with E-state index in [9.17, 15) is 0 Å². The highest BCUT2D eigenvalue weighted by Gasteiger charge is 2.08. The lowest BCUT2D eigenvalue weighted by molar-refractivity contribution is 1.64. The molecule has 0 nitrogen and oxygen atoms in total. The van der Waals surface area contributed by atoms with E-state index < -0.39 is 0 Å². The number of fused-ring (bicyclic) bond motifs is 3. The fourth-order valence-corrected chi connectivity index (χ4v) is 5.80. The quantitative estimate of drug-likeness (QED) is 0.301.